The van der Waals surface area contributed by atoms with E-state index in [2.05, 4.69) is 17.4 Å². The number of likely N-dealkylation sites (tertiary alicyclic amines) is 1. The number of hydrogen-bond donors (Lipinski definition) is 3. The van der Waals surface area contributed by atoms with Gasteiger partial charge in [-0.3, -0.25) is 14.8 Å². The van der Waals surface area contributed by atoms with Crippen molar-refractivity contribution in [1.82, 2.24) is 15.7 Å². The molecule has 0 aromatic heterocycles. The molecule has 1 spiro atoms. The lowest BCUT2D eigenvalue weighted by Gasteiger charge is -2.37. The van der Waals surface area contributed by atoms with E-state index < -0.39 is 17.9 Å². The molecule has 1 saturated carbocycles. The van der Waals surface area contributed by atoms with Crippen LogP contribution >= 0.6 is 0 Å². The fourth-order valence-electron chi connectivity index (χ4n) is 4.57. The third kappa shape index (κ3) is 3.53. The van der Waals surface area contributed by atoms with Gasteiger partial charge in [0.05, 0.1) is 19.1 Å². The van der Waals surface area contributed by atoms with Crippen LogP contribution in [0.4, 0.5) is 0 Å². The Kier molecular flexibility index (Phi) is 4.82. The number of carbonyl (C=O) groups excluding carboxylic acids is 2. The highest BCUT2D eigenvalue weighted by molar-refractivity contribution is 5.90. The maximum absolute atomic E-state index is 13.1. The Morgan fingerprint density at radius 3 is 2.67 bits per heavy atom. The number of nitrogens with zero attached hydrogens (tertiary/aromatic N) is 1. The normalized spacial score (nSPS) is 28.8. The minimum absolute atomic E-state index is 0.0323. The number of ether oxygens (including phenoxy) is 1. The van der Waals surface area contributed by atoms with E-state index in [4.69, 9.17) is 9.94 Å². The second kappa shape index (κ2) is 7.13. The smallest absolute Gasteiger partial charge is 0.248 e. The van der Waals surface area contributed by atoms with E-state index in [1.165, 1.54) is 5.56 Å². The summed E-state index contributed by atoms with van der Waals surface area (Å²) in [5, 5.41) is 12.4. The van der Waals surface area contributed by atoms with Gasteiger partial charge in [0, 0.05) is 25.6 Å². The molecule has 27 heavy (non-hydrogen) atoms. The molecule has 7 nitrogen and oxygen atoms in total. The zero-order valence-corrected chi connectivity index (χ0v) is 15.6. The van der Waals surface area contributed by atoms with Gasteiger partial charge in [-0.05, 0) is 48.8 Å². The van der Waals surface area contributed by atoms with Gasteiger partial charge >= 0.3 is 0 Å². The molecule has 3 atom stereocenters. The molecule has 2 heterocycles. The Balaban J connectivity index is 1.43. The summed E-state index contributed by atoms with van der Waals surface area (Å²) in [5.74, 6) is 0.109. The van der Waals surface area contributed by atoms with Crippen molar-refractivity contribution in [2.24, 2.45) is 11.3 Å². The number of hydrogen-bond acceptors (Lipinski definition) is 5. The fraction of sp³-hybridized carbons (Fsp3) is 0.600. The SMILES string of the molecule is COc1ccc(C2CCN(C(=O)[C@H]3NCC4(CC4)C[C@@H]3C(=O)NO)C2)cc1. The predicted molar refractivity (Wildman–Crippen MR) is 98.4 cm³/mol. The molecule has 1 unspecified atom stereocenters. The second-order valence-electron chi connectivity index (χ2n) is 8.19. The van der Waals surface area contributed by atoms with Crippen LogP contribution in [0, 0.1) is 11.3 Å². The van der Waals surface area contributed by atoms with Crippen LogP contribution in [0.5, 0.6) is 5.75 Å². The summed E-state index contributed by atoms with van der Waals surface area (Å²) in [6.07, 6.45) is 3.74. The van der Waals surface area contributed by atoms with Crippen molar-refractivity contribution in [2.45, 2.75) is 37.6 Å². The van der Waals surface area contributed by atoms with Crippen LogP contribution in [0.2, 0.25) is 0 Å². The quantitative estimate of drug-likeness (QED) is 0.546. The van der Waals surface area contributed by atoms with Crippen molar-refractivity contribution in [3.05, 3.63) is 29.8 Å². The van der Waals surface area contributed by atoms with Crippen LogP contribution in [0.15, 0.2) is 24.3 Å². The number of benzene rings is 1. The van der Waals surface area contributed by atoms with Gasteiger partial charge in [0.15, 0.2) is 0 Å². The molecule has 2 amide bonds. The van der Waals surface area contributed by atoms with Gasteiger partial charge < -0.3 is 15.0 Å². The first-order chi connectivity index (χ1) is 13.0. The third-order valence-electron chi connectivity index (χ3n) is 6.51. The molecule has 1 aromatic rings. The first kappa shape index (κ1) is 18.3. The molecule has 1 aliphatic carbocycles. The highest BCUT2D eigenvalue weighted by atomic mass is 16.5. The Hall–Kier alpha value is -2.12. The van der Waals surface area contributed by atoms with Crippen molar-refractivity contribution >= 4 is 11.8 Å². The van der Waals surface area contributed by atoms with Gasteiger partial charge in [0.2, 0.25) is 11.8 Å². The van der Waals surface area contributed by atoms with Gasteiger partial charge in [-0.25, -0.2) is 5.48 Å². The zero-order chi connectivity index (χ0) is 19.0. The maximum atomic E-state index is 13.1. The van der Waals surface area contributed by atoms with Crippen LogP contribution in [-0.2, 0) is 9.59 Å². The van der Waals surface area contributed by atoms with E-state index in [0.717, 1.165) is 31.6 Å². The van der Waals surface area contributed by atoms with Crippen LogP contribution in [0.3, 0.4) is 0 Å². The van der Waals surface area contributed by atoms with Crippen molar-refractivity contribution in [1.29, 1.82) is 0 Å². The molecule has 4 rings (SSSR count). The minimum atomic E-state index is -0.557. The number of piperidine rings is 1. The van der Waals surface area contributed by atoms with E-state index >= 15 is 0 Å². The van der Waals surface area contributed by atoms with Crippen molar-refractivity contribution in [2.75, 3.05) is 26.7 Å². The number of hydroxylamine groups is 1. The van der Waals surface area contributed by atoms with E-state index in [1.54, 1.807) is 12.6 Å². The fourth-order valence-corrected chi connectivity index (χ4v) is 4.57. The minimum Gasteiger partial charge on any atom is -0.497 e. The van der Waals surface area contributed by atoms with Crippen LogP contribution < -0.4 is 15.5 Å². The monoisotopic (exact) mass is 373 g/mol. The van der Waals surface area contributed by atoms with Crippen LogP contribution in [-0.4, -0.2) is 54.7 Å². The van der Waals surface area contributed by atoms with E-state index in [-0.39, 0.29) is 11.3 Å². The van der Waals surface area contributed by atoms with Crippen LogP contribution in [0.1, 0.15) is 37.2 Å². The summed E-state index contributed by atoms with van der Waals surface area (Å²) in [7, 11) is 1.65. The Morgan fingerprint density at radius 1 is 1.30 bits per heavy atom. The van der Waals surface area contributed by atoms with Gasteiger partial charge in [-0.2, -0.15) is 0 Å². The molecule has 0 bridgehead atoms. The number of nitrogens with one attached hydrogen (secondary N) is 2. The molecule has 3 aliphatic rings. The first-order valence-corrected chi connectivity index (χ1v) is 9.65. The summed E-state index contributed by atoms with van der Waals surface area (Å²) in [6.45, 7) is 2.11. The number of rotatable bonds is 4. The Bertz CT molecular complexity index is 716. The topological polar surface area (TPSA) is 90.9 Å². The standard InChI is InChI=1S/C20H27N3O4/c1-27-15-4-2-13(3-5-15)14-6-9-23(11-14)19(25)17-16(18(24)22-26)10-20(7-8-20)12-21-17/h2-5,14,16-17,21,26H,6-12H2,1H3,(H,22,24)/t14?,16-,17-/m0/s1. The van der Waals surface area contributed by atoms with Crippen molar-refractivity contribution in [3.8, 4) is 5.75 Å². The number of methoxy groups -OCH3 is 1. The molecular weight excluding hydrogens is 346 g/mol. The molecule has 0 radical (unpaired) electrons. The largest absolute Gasteiger partial charge is 0.497 e. The average molecular weight is 373 g/mol. The molecule has 146 valence electrons. The second-order valence-corrected chi connectivity index (χ2v) is 8.19. The van der Waals surface area contributed by atoms with E-state index in [1.807, 2.05) is 17.0 Å². The predicted octanol–water partition coefficient (Wildman–Crippen LogP) is 1.27. The lowest BCUT2D eigenvalue weighted by atomic mass is 9.81. The number of amides is 2. The van der Waals surface area contributed by atoms with Gasteiger partial charge in [0.25, 0.3) is 0 Å². The Morgan fingerprint density at radius 2 is 2.04 bits per heavy atom. The zero-order valence-electron chi connectivity index (χ0n) is 15.6. The highest BCUT2D eigenvalue weighted by Crippen LogP contribution is 2.52. The summed E-state index contributed by atoms with van der Waals surface area (Å²) in [5.41, 5.74) is 3.10. The highest BCUT2D eigenvalue weighted by Gasteiger charge is 2.53. The molecule has 2 aliphatic heterocycles. The van der Waals surface area contributed by atoms with Gasteiger partial charge in [-0.15, -0.1) is 0 Å². The number of carbonyl (C=O) groups is 2. The van der Waals surface area contributed by atoms with E-state index in [0.29, 0.717) is 25.4 Å². The lowest BCUT2D eigenvalue weighted by molar-refractivity contribution is -0.144. The summed E-state index contributed by atoms with van der Waals surface area (Å²) < 4.78 is 5.21. The molecular formula is C20H27N3O4. The van der Waals surface area contributed by atoms with Gasteiger partial charge in [-0.1, -0.05) is 12.1 Å². The molecule has 1 aromatic carbocycles. The average Bonchev–Trinajstić information content (AvgIpc) is 3.27. The van der Waals surface area contributed by atoms with Crippen molar-refractivity contribution in [3.63, 3.8) is 0 Å². The van der Waals surface area contributed by atoms with E-state index in [9.17, 15) is 9.59 Å². The molecule has 2 saturated heterocycles. The molecule has 3 fully saturated rings. The van der Waals surface area contributed by atoms with Gasteiger partial charge in [0.1, 0.15) is 5.75 Å². The maximum Gasteiger partial charge on any atom is 0.248 e. The summed E-state index contributed by atoms with van der Waals surface area (Å²) >= 11 is 0. The lowest BCUT2D eigenvalue weighted by Crippen LogP contribution is -2.58. The molecule has 7 heteroatoms. The van der Waals surface area contributed by atoms with Crippen molar-refractivity contribution < 1.29 is 19.5 Å². The Labute approximate surface area is 159 Å². The third-order valence-corrected chi connectivity index (χ3v) is 6.51. The summed E-state index contributed by atoms with van der Waals surface area (Å²) in [6, 6.07) is 7.43. The molecule has 3 N–H and O–H groups in total. The summed E-state index contributed by atoms with van der Waals surface area (Å²) in [4.78, 5) is 27.2. The van der Waals surface area contributed by atoms with Crippen LogP contribution in [0.25, 0.3) is 0 Å². The first-order valence-electron chi connectivity index (χ1n) is 9.65.